The molecule has 1 rings (SSSR count). The minimum absolute atomic E-state index is 0.108. The highest BCUT2D eigenvalue weighted by atomic mass is 16.5. The number of hydrogen-bond acceptors (Lipinski definition) is 4. The third-order valence-electron chi connectivity index (χ3n) is 2.68. The lowest BCUT2D eigenvalue weighted by Gasteiger charge is -2.24. The van der Waals surface area contributed by atoms with Gasteiger partial charge in [0.1, 0.15) is 0 Å². The van der Waals surface area contributed by atoms with Gasteiger partial charge in [0.05, 0.1) is 18.8 Å². The van der Waals surface area contributed by atoms with Crippen molar-refractivity contribution in [2.45, 2.75) is 38.6 Å². The third-order valence-corrected chi connectivity index (χ3v) is 2.68. The van der Waals surface area contributed by atoms with Gasteiger partial charge in [-0.15, -0.1) is 0 Å². The summed E-state index contributed by atoms with van der Waals surface area (Å²) in [6.45, 7) is 4.25. The Balaban J connectivity index is 2.53. The minimum atomic E-state index is -0.988. The average molecular weight is 218 g/mol. The van der Waals surface area contributed by atoms with Crippen molar-refractivity contribution in [1.82, 2.24) is 0 Å². The van der Waals surface area contributed by atoms with Crippen molar-refractivity contribution in [3.8, 4) is 0 Å². The van der Waals surface area contributed by atoms with E-state index in [9.17, 15) is 9.90 Å². The van der Waals surface area contributed by atoms with Crippen molar-refractivity contribution < 1.29 is 24.5 Å². The first-order valence-corrected chi connectivity index (χ1v) is 5.16. The van der Waals surface area contributed by atoms with E-state index in [0.717, 1.165) is 0 Å². The highest BCUT2D eigenvalue weighted by molar-refractivity contribution is 5.72. The highest BCUT2D eigenvalue weighted by Gasteiger charge is 2.34. The van der Waals surface area contributed by atoms with Crippen molar-refractivity contribution in [3.63, 3.8) is 0 Å². The molecule has 1 aliphatic rings. The van der Waals surface area contributed by atoms with Crippen LogP contribution in [0.15, 0.2) is 0 Å². The van der Waals surface area contributed by atoms with Crippen LogP contribution in [-0.4, -0.2) is 47.7 Å². The zero-order chi connectivity index (χ0) is 11.4. The molecular formula is C10H18O5. The van der Waals surface area contributed by atoms with Crippen molar-refractivity contribution in [3.05, 3.63) is 0 Å². The Morgan fingerprint density at radius 1 is 1.53 bits per heavy atom. The topological polar surface area (TPSA) is 76.0 Å². The van der Waals surface area contributed by atoms with Gasteiger partial charge in [0, 0.05) is 12.5 Å². The zero-order valence-electron chi connectivity index (χ0n) is 9.05. The summed E-state index contributed by atoms with van der Waals surface area (Å²) in [6.07, 6.45) is -1.33. The van der Waals surface area contributed by atoms with Gasteiger partial charge in [-0.25, -0.2) is 4.79 Å². The smallest absolute Gasteiger partial charge is 0.333 e. The van der Waals surface area contributed by atoms with Crippen molar-refractivity contribution in [2.24, 2.45) is 5.92 Å². The molecule has 0 bridgehead atoms. The van der Waals surface area contributed by atoms with Crippen LogP contribution in [0.25, 0.3) is 0 Å². The van der Waals surface area contributed by atoms with Crippen LogP contribution in [0.1, 0.15) is 20.3 Å². The molecule has 5 nitrogen and oxygen atoms in total. The largest absolute Gasteiger partial charge is 0.479 e. The number of aliphatic carboxylic acids is 1. The van der Waals surface area contributed by atoms with Crippen LogP contribution in [0.5, 0.6) is 0 Å². The van der Waals surface area contributed by atoms with Gasteiger partial charge in [-0.3, -0.25) is 0 Å². The molecule has 4 atom stereocenters. The van der Waals surface area contributed by atoms with Gasteiger partial charge in [0.25, 0.3) is 0 Å². The monoisotopic (exact) mass is 218 g/mol. The Kier molecular flexibility index (Phi) is 4.50. The van der Waals surface area contributed by atoms with Gasteiger partial charge in [-0.05, 0) is 20.3 Å². The maximum atomic E-state index is 11.0. The van der Waals surface area contributed by atoms with Crippen LogP contribution >= 0.6 is 0 Å². The fraction of sp³-hybridized carbons (Fsp3) is 0.900. The molecule has 1 saturated heterocycles. The molecule has 1 fully saturated rings. The summed E-state index contributed by atoms with van der Waals surface area (Å²) in [5.41, 5.74) is 0. The Labute approximate surface area is 89.0 Å². The molecule has 0 amide bonds. The molecule has 0 radical (unpaired) electrons. The van der Waals surface area contributed by atoms with E-state index in [2.05, 4.69) is 0 Å². The van der Waals surface area contributed by atoms with Gasteiger partial charge in [-0.1, -0.05) is 0 Å². The number of ether oxygens (including phenoxy) is 2. The first-order valence-electron chi connectivity index (χ1n) is 5.16. The molecule has 4 unspecified atom stereocenters. The SMILES string of the molecule is CC(O)C(C)OC(C(=O)O)C1CCOC1. The Morgan fingerprint density at radius 2 is 2.20 bits per heavy atom. The van der Waals surface area contributed by atoms with E-state index in [-0.39, 0.29) is 5.92 Å². The molecular weight excluding hydrogens is 200 g/mol. The Bertz CT molecular complexity index is 210. The molecule has 1 heterocycles. The second-order valence-corrected chi connectivity index (χ2v) is 3.96. The predicted molar refractivity (Wildman–Crippen MR) is 52.6 cm³/mol. The van der Waals surface area contributed by atoms with Gasteiger partial charge in [-0.2, -0.15) is 0 Å². The number of aliphatic hydroxyl groups is 1. The van der Waals surface area contributed by atoms with Crippen LogP contribution in [0.4, 0.5) is 0 Å². The van der Waals surface area contributed by atoms with E-state index in [1.54, 1.807) is 13.8 Å². The molecule has 88 valence electrons. The van der Waals surface area contributed by atoms with E-state index < -0.39 is 24.3 Å². The first-order chi connectivity index (χ1) is 7.02. The molecule has 1 aliphatic heterocycles. The third kappa shape index (κ3) is 3.44. The maximum Gasteiger partial charge on any atom is 0.333 e. The summed E-state index contributed by atoms with van der Waals surface area (Å²) >= 11 is 0. The van der Waals surface area contributed by atoms with Gasteiger partial charge in [0.15, 0.2) is 6.10 Å². The quantitative estimate of drug-likeness (QED) is 0.692. The van der Waals surface area contributed by atoms with Crippen LogP contribution in [0.3, 0.4) is 0 Å². The number of carboxylic acids is 1. The molecule has 0 aromatic rings. The number of rotatable bonds is 5. The number of hydrogen-bond donors (Lipinski definition) is 2. The number of aliphatic hydroxyl groups excluding tert-OH is 1. The summed E-state index contributed by atoms with van der Waals surface area (Å²) in [6, 6.07) is 0. The van der Waals surface area contributed by atoms with E-state index in [1.807, 2.05) is 0 Å². The Morgan fingerprint density at radius 3 is 2.60 bits per heavy atom. The molecule has 15 heavy (non-hydrogen) atoms. The molecule has 0 saturated carbocycles. The summed E-state index contributed by atoms with van der Waals surface area (Å²) in [7, 11) is 0. The van der Waals surface area contributed by atoms with E-state index >= 15 is 0 Å². The summed E-state index contributed by atoms with van der Waals surface area (Å²) in [4.78, 5) is 11.0. The van der Waals surface area contributed by atoms with Crippen LogP contribution in [0, 0.1) is 5.92 Å². The normalized spacial score (nSPS) is 27.3. The zero-order valence-corrected chi connectivity index (χ0v) is 9.05. The molecule has 0 aromatic carbocycles. The number of carboxylic acid groups (broad SMARTS) is 1. The van der Waals surface area contributed by atoms with Gasteiger partial charge in [0.2, 0.25) is 0 Å². The molecule has 0 aliphatic carbocycles. The summed E-state index contributed by atoms with van der Waals surface area (Å²) in [5.74, 6) is -1.10. The molecule has 5 heteroatoms. The summed E-state index contributed by atoms with van der Waals surface area (Å²) < 4.78 is 10.5. The molecule has 2 N–H and O–H groups in total. The van der Waals surface area contributed by atoms with E-state index in [4.69, 9.17) is 14.6 Å². The lowest BCUT2D eigenvalue weighted by atomic mass is 10.0. The molecule has 0 spiro atoms. The second kappa shape index (κ2) is 5.44. The second-order valence-electron chi connectivity index (χ2n) is 3.96. The van der Waals surface area contributed by atoms with Gasteiger partial charge >= 0.3 is 5.97 Å². The fourth-order valence-corrected chi connectivity index (χ4v) is 1.51. The standard InChI is InChI=1S/C10H18O5/c1-6(11)7(2)15-9(10(12)13)8-3-4-14-5-8/h6-9,11H,3-5H2,1-2H3,(H,12,13). The first kappa shape index (κ1) is 12.4. The van der Waals surface area contributed by atoms with Gasteiger partial charge < -0.3 is 19.7 Å². The van der Waals surface area contributed by atoms with Crippen molar-refractivity contribution >= 4 is 5.97 Å². The maximum absolute atomic E-state index is 11.0. The summed E-state index contributed by atoms with van der Waals surface area (Å²) in [5, 5.41) is 18.2. The Hall–Kier alpha value is -0.650. The highest BCUT2D eigenvalue weighted by Crippen LogP contribution is 2.21. The number of carbonyl (C=O) groups is 1. The molecule has 0 aromatic heterocycles. The van der Waals surface area contributed by atoms with Crippen LogP contribution in [0.2, 0.25) is 0 Å². The van der Waals surface area contributed by atoms with Crippen LogP contribution < -0.4 is 0 Å². The van der Waals surface area contributed by atoms with Crippen molar-refractivity contribution in [2.75, 3.05) is 13.2 Å². The van der Waals surface area contributed by atoms with E-state index in [0.29, 0.717) is 19.6 Å². The fourth-order valence-electron chi connectivity index (χ4n) is 1.51. The minimum Gasteiger partial charge on any atom is -0.479 e. The van der Waals surface area contributed by atoms with E-state index in [1.165, 1.54) is 0 Å². The lowest BCUT2D eigenvalue weighted by Crippen LogP contribution is -2.38. The predicted octanol–water partition coefficient (Wildman–Crippen LogP) is 0.262. The lowest BCUT2D eigenvalue weighted by molar-refractivity contribution is -0.163. The van der Waals surface area contributed by atoms with Crippen molar-refractivity contribution in [1.29, 1.82) is 0 Å². The van der Waals surface area contributed by atoms with Crippen LogP contribution in [-0.2, 0) is 14.3 Å². The average Bonchev–Trinajstić information content (AvgIpc) is 2.65.